The Balaban J connectivity index is 3.36. The van der Waals surface area contributed by atoms with Gasteiger partial charge < -0.3 is 10.4 Å². The largest absolute Gasteiger partial charge is 0.395 e. The van der Waals surface area contributed by atoms with Crippen molar-refractivity contribution in [2.45, 2.75) is 83.4 Å². The minimum absolute atomic E-state index is 0.154. The van der Waals surface area contributed by atoms with Gasteiger partial charge in [0.05, 0.1) is 12.4 Å². The third-order valence-corrected chi connectivity index (χ3v) is 5.87. The van der Waals surface area contributed by atoms with Crippen LogP contribution in [0.25, 0.3) is 0 Å². The Bertz CT molecular complexity index is 317. The second-order valence-corrected chi connectivity index (χ2v) is 8.31. The molecule has 5 heteroatoms. The van der Waals surface area contributed by atoms with Crippen molar-refractivity contribution < 1.29 is 13.5 Å². The SMILES string of the molecule is CCCCCCCCCCCCNC(C)S(=O)(=O)CCO. The predicted octanol–water partition coefficient (Wildman–Crippen LogP) is 3.25. The average Bonchev–Trinajstić information content (AvgIpc) is 2.44. The van der Waals surface area contributed by atoms with Crippen LogP contribution < -0.4 is 5.32 Å². The maximum Gasteiger partial charge on any atom is 0.168 e. The van der Waals surface area contributed by atoms with Crippen molar-refractivity contribution in [1.82, 2.24) is 5.32 Å². The summed E-state index contributed by atoms with van der Waals surface area (Å²) >= 11 is 0. The smallest absolute Gasteiger partial charge is 0.168 e. The van der Waals surface area contributed by atoms with Crippen LogP contribution >= 0.6 is 0 Å². The van der Waals surface area contributed by atoms with Crippen LogP contribution in [0.1, 0.15) is 78.1 Å². The molecule has 0 saturated heterocycles. The fourth-order valence-corrected chi connectivity index (χ4v) is 3.33. The lowest BCUT2D eigenvalue weighted by molar-refractivity contribution is 0.319. The molecule has 0 fully saturated rings. The van der Waals surface area contributed by atoms with Crippen LogP contribution in [-0.2, 0) is 9.84 Å². The zero-order chi connectivity index (χ0) is 16.0. The van der Waals surface area contributed by atoms with Crippen LogP contribution in [0.2, 0.25) is 0 Å². The lowest BCUT2D eigenvalue weighted by atomic mass is 10.1. The van der Waals surface area contributed by atoms with E-state index in [4.69, 9.17) is 5.11 Å². The van der Waals surface area contributed by atoms with Gasteiger partial charge in [0.25, 0.3) is 0 Å². The first kappa shape index (κ1) is 20.9. The second-order valence-electron chi connectivity index (χ2n) is 5.87. The third kappa shape index (κ3) is 12.1. The Morgan fingerprint density at radius 1 is 0.905 bits per heavy atom. The molecule has 0 aliphatic heterocycles. The van der Waals surface area contributed by atoms with Gasteiger partial charge in [-0.05, 0) is 19.9 Å². The van der Waals surface area contributed by atoms with Crippen molar-refractivity contribution in [1.29, 1.82) is 0 Å². The molecule has 128 valence electrons. The van der Waals surface area contributed by atoms with Crippen molar-refractivity contribution in [3.05, 3.63) is 0 Å². The first-order valence-electron chi connectivity index (χ1n) is 8.60. The number of unbranched alkanes of at least 4 members (excludes halogenated alkanes) is 9. The first-order chi connectivity index (χ1) is 10.0. The number of rotatable bonds is 15. The first-order valence-corrected chi connectivity index (χ1v) is 10.3. The maximum absolute atomic E-state index is 11.6. The van der Waals surface area contributed by atoms with E-state index in [0.717, 1.165) is 19.4 Å². The summed E-state index contributed by atoms with van der Waals surface area (Å²) in [5.41, 5.74) is 0. The van der Waals surface area contributed by atoms with Gasteiger partial charge in [-0.15, -0.1) is 0 Å². The van der Waals surface area contributed by atoms with Crippen molar-refractivity contribution in [2.75, 3.05) is 18.9 Å². The van der Waals surface area contributed by atoms with E-state index in [-0.39, 0.29) is 12.4 Å². The van der Waals surface area contributed by atoms with Crippen LogP contribution in [0.15, 0.2) is 0 Å². The van der Waals surface area contributed by atoms with Crippen molar-refractivity contribution in [3.63, 3.8) is 0 Å². The topological polar surface area (TPSA) is 66.4 Å². The number of hydrogen-bond acceptors (Lipinski definition) is 4. The van der Waals surface area contributed by atoms with Gasteiger partial charge in [0, 0.05) is 0 Å². The molecule has 0 rings (SSSR count). The monoisotopic (exact) mass is 321 g/mol. The number of nitrogens with one attached hydrogen (secondary N) is 1. The molecule has 0 aromatic heterocycles. The van der Waals surface area contributed by atoms with Crippen LogP contribution in [0.3, 0.4) is 0 Å². The molecule has 21 heavy (non-hydrogen) atoms. The number of hydrogen-bond donors (Lipinski definition) is 2. The lowest BCUT2D eigenvalue weighted by Gasteiger charge is -2.13. The molecule has 0 amide bonds. The number of aliphatic hydroxyl groups is 1. The minimum Gasteiger partial charge on any atom is -0.395 e. The van der Waals surface area contributed by atoms with E-state index in [0.29, 0.717) is 0 Å². The number of aliphatic hydroxyl groups excluding tert-OH is 1. The molecule has 4 nitrogen and oxygen atoms in total. The molecular weight excluding hydrogens is 286 g/mol. The lowest BCUT2D eigenvalue weighted by Crippen LogP contribution is -2.36. The van der Waals surface area contributed by atoms with E-state index in [2.05, 4.69) is 12.2 Å². The highest BCUT2D eigenvalue weighted by Gasteiger charge is 2.18. The van der Waals surface area contributed by atoms with Gasteiger partial charge in [-0.3, -0.25) is 0 Å². The van der Waals surface area contributed by atoms with Crippen LogP contribution in [0, 0.1) is 0 Å². The van der Waals surface area contributed by atoms with Crippen molar-refractivity contribution in [3.8, 4) is 0 Å². The molecule has 0 bridgehead atoms. The van der Waals surface area contributed by atoms with Crippen LogP contribution in [-0.4, -0.2) is 37.8 Å². The quantitative estimate of drug-likeness (QED) is 0.454. The average molecular weight is 322 g/mol. The predicted molar refractivity (Wildman–Crippen MR) is 90.2 cm³/mol. The Labute approximate surface area is 131 Å². The summed E-state index contributed by atoms with van der Waals surface area (Å²) in [4.78, 5) is 0. The zero-order valence-corrected chi connectivity index (χ0v) is 14.8. The molecule has 0 aliphatic rings. The van der Waals surface area contributed by atoms with Gasteiger partial charge in [0.15, 0.2) is 9.84 Å². The van der Waals surface area contributed by atoms with Gasteiger partial charge >= 0.3 is 0 Å². The Morgan fingerprint density at radius 3 is 1.86 bits per heavy atom. The summed E-state index contributed by atoms with van der Waals surface area (Å²) in [5, 5.41) is 11.2. The molecule has 0 heterocycles. The molecule has 0 saturated carbocycles. The summed E-state index contributed by atoms with van der Waals surface area (Å²) in [6, 6.07) is 0. The summed E-state index contributed by atoms with van der Waals surface area (Å²) in [6.07, 6.45) is 12.8. The van der Waals surface area contributed by atoms with Crippen LogP contribution in [0.4, 0.5) is 0 Å². The highest BCUT2D eigenvalue weighted by Crippen LogP contribution is 2.10. The van der Waals surface area contributed by atoms with E-state index >= 15 is 0 Å². The molecule has 1 unspecified atom stereocenters. The summed E-state index contributed by atoms with van der Waals surface area (Å²) < 4.78 is 23.2. The maximum atomic E-state index is 11.6. The molecule has 0 aromatic rings. The van der Waals surface area contributed by atoms with E-state index in [9.17, 15) is 8.42 Å². The molecule has 2 N–H and O–H groups in total. The van der Waals surface area contributed by atoms with Gasteiger partial charge in [-0.1, -0.05) is 64.7 Å². The summed E-state index contributed by atoms with van der Waals surface area (Å²) in [6.45, 7) is 4.33. The van der Waals surface area contributed by atoms with Gasteiger partial charge in [-0.2, -0.15) is 0 Å². The van der Waals surface area contributed by atoms with Gasteiger partial charge in [0.1, 0.15) is 5.37 Å². The molecule has 0 radical (unpaired) electrons. The Morgan fingerprint density at radius 2 is 1.38 bits per heavy atom. The minimum atomic E-state index is -3.18. The summed E-state index contributed by atoms with van der Waals surface area (Å²) in [7, 11) is -3.18. The van der Waals surface area contributed by atoms with Gasteiger partial charge in [0.2, 0.25) is 0 Å². The highest BCUT2D eigenvalue weighted by atomic mass is 32.2. The number of sulfone groups is 1. The van der Waals surface area contributed by atoms with E-state index in [1.54, 1.807) is 6.92 Å². The van der Waals surface area contributed by atoms with Crippen molar-refractivity contribution >= 4 is 9.84 Å². The summed E-state index contributed by atoms with van der Waals surface area (Å²) in [5.74, 6) is -0.154. The zero-order valence-electron chi connectivity index (χ0n) is 13.9. The second kappa shape index (κ2) is 13.5. The molecular formula is C16H35NO3S. The van der Waals surface area contributed by atoms with E-state index in [1.165, 1.54) is 51.4 Å². The third-order valence-electron chi connectivity index (χ3n) is 3.88. The standard InChI is InChI=1S/C16H35NO3S/c1-3-4-5-6-7-8-9-10-11-12-13-17-16(2)21(19,20)15-14-18/h16-18H,3-15H2,1-2H3. The fourth-order valence-electron chi connectivity index (χ4n) is 2.35. The molecule has 0 spiro atoms. The fraction of sp³-hybridized carbons (Fsp3) is 1.00. The normalized spacial score (nSPS) is 13.5. The highest BCUT2D eigenvalue weighted by molar-refractivity contribution is 7.91. The van der Waals surface area contributed by atoms with Crippen LogP contribution in [0.5, 0.6) is 0 Å². The van der Waals surface area contributed by atoms with E-state index in [1.807, 2.05) is 0 Å². The molecule has 0 aromatic carbocycles. The Kier molecular flexibility index (Phi) is 13.4. The van der Waals surface area contributed by atoms with E-state index < -0.39 is 15.2 Å². The van der Waals surface area contributed by atoms with Gasteiger partial charge in [-0.25, -0.2) is 8.42 Å². The molecule has 1 atom stereocenters. The Hall–Kier alpha value is -0.130. The van der Waals surface area contributed by atoms with Crippen molar-refractivity contribution in [2.24, 2.45) is 0 Å². The molecule has 0 aliphatic carbocycles.